The van der Waals surface area contributed by atoms with Gasteiger partial charge in [0.2, 0.25) is 0 Å². The highest BCUT2D eigenvalue weighted by atomic mass is 32.1. The fourth-order valence-electron chi connectivity index (χ4n) is 2.34. The second-order valence-electron chi connectivity index (χ2n) is 5.32. The predicted molar refractivity (Wildman–Crippen MR) is 71.1 cm³/mol. The van der Waals surface area contributed by atoms with Crippen molar-refractivity contribution in [3.8, 4) is 0 Å². The van der Waals surface area contributed by atoms with E-state index in [-0.39, 0.29) is 18.9 Å². The van der Waals surface area contributed by atoms with Crippen LogP contribution < -0.4 is 0 Å². The topological polar surface area (TPSA) is 33.2 Å². The van der Waals surface area contributed by atoms with Crippen molar-refractivity contribution in [3.05, 3.63) is 15.6 Å². The van der Waals surface area contributed by atoms with E-state index in [9.17, 15) is 18.0 Å². The van der Waals surface area contributed by atoms with Crippen LogP contribution in [0, 0.1) is 6.92 Å². The predicted octanol–water partition coefficient (Wildman–Crippen LogP) is 3.74. The molecule has 1 aliphatic rings. The van der Waals surface area contributed by atoms with Gasteiger partial charge >= 0.3 is 6.18 Å². The number of nitrogens with zero attached hydrogens (tertiary/aromatic N) is 2. The fraction of sp³-hybridized carbons (Fsp3) is 0.692. The highest BCUT2D eigenvalue weighted by molar-refractivity contribution is 7.13. The molecule has 0 saturated carbocycles. The Labute approximate surface area is 119 Å². The third kappa shape index (κ3) is 2.82. The normalized spacial score (nSPS) is 19.9. The van der Waals surface area contributed by atoms with Gasteiger partial charge in [0.1, 0.15) is 10.9 Å². The maximum atomic E-state index is 12.9. The van der Waals surface area contributed by atoms with E-state index < -0.39 is 18.1 Å². The molecule has 20 heavy (non-hydrogen) atoms. The maximum absolute atomic E-state index is 12.9. The number of aryl methyl sites for hydroxylation is 1. The Morgan fingerprint density at radius 2 is 2.10 bits per heavy atom. The molecule has 0 aliphatic carbocycles. The van der Waals surface area contributed by atoms with Crippen LogP contribution in [0.25, 0.3) is 0 Å². The summed E-state index contributed by atoms with van der Waals surface area (Å²) in [5.41, 5.74) is 0.525. The molecule has 112 valence electrons. The molecule has 1 amide bonds. The van der Waals surface area contributed by atoms with Crippen LogP contribution >= 0.6 is 11.3 Å². The van der Waals surface area contributed by atoms with Crippen LogP contribution in [0.4, 0.5) is 13.2 Å². The standard InChI is InChI=1S/C13H17F3N2OS/c1-7(2)11-17-8(3)10(20-11)12(19)18-6-4-5-9(18)13(14,15)16/h7,9H,4-6H2,1-3H3/t9-/m1/s1. The second-order valence-corrected chi connectivity index (χ2v) is 6.35. The van der Waals surface area contributed by atoms with Gasteiger partial charge in [-0.1, -0.05) is 13.8 Å². The van der Waals surface area contributed by atoms with Crippen LogP contribution in [0.15, 0.2) is 0 Å². The highest BCUT2D eigenvalue weighted by Gasteiger charge is 2.48. The van der Waals surface area contributed by atoms with Crippen molar-refractivity contribution < 1.29 is 18.0 Å². The lowest BCUT2D eigenvalue weighted by molar-refractivity contribution is -0.169. The quantitative estimate of drug-likeness (QED) is 0.834. The number of aromatic nitrogens is 1. The van der Waals surface area contributed by atoms with E-state index in [1.165, 1.54) is 11.3 Å². The summed E-state index contributed by atoms with van der Waals surface area (Å²) in [5.74, 6) is -0.371. The first-order chi connectivity index (χ1) is 9.21. The Hall–Kier alpha value is -1.11. The van der Waals surface area contributed by atoms with Crippen molar-refractivity contribution in [2.75, 3.05) is 6.54 Å². The summed E-state index contributed by atoms with van der Waals surface area (Å²) in [4.78, 5) is 17.9. The lowest BCUT2D eigenvalue weighted by Gasteiger charge is -2.26. The molecule has 0 aromatic carbocycles. The van der Waals surface area contributed by atoms with Gasteiger partial charge in [-0.05, 0) is 19.8 Å². The number of hydrogen-bond acceptors (Lipinski definition) is 3. The lowest BCUT2D eigenvalue weighted by atomic mass is 10.2. The van der Waals surface area contributed by atoms with Gasteiger partial charge in [-0.2, -0.15) is 13.2 Å². The first kappa shape index (κ1) is 15.3. The van der Waals surface area contributed by atoms with Gasteiger partial charge in [-0.25, -0.2) is 4.98 Å². The molecule has 0 N–H and O–H groups in total. The number of thiazole rings is 1. The van der Waals surface area contributed by atoms with Crippen LogP contribution in [0.5, 0.6) is 0 Å². The number of alkyl halides is 3. The number of amides is 1. The molecular formula is C13H17F3N2OS. The van der Waals surface area contributed by atoms with E-state index in [1.807, 2.05) is 13.8 Å². The molecule has 2 heterocycles. The SMILES string of the molecule is Cc1nc(C(C)C)sc1C(=O)N1CCC[C@@H]1C(F)(F)F. The van der Waals surface area contributed by atoms with E-state index in [2.05, 4.69) is 4.98 Å². The van der Waals surface area contributed by atoms with Gasteiger partial charge in [-0.15, -0.1) is 11.3 Å². The zero-order valence-electron chi connectivity index (χ0n) is 11.6. The molecule has 1 atom stereocenters. The molecule has 1 aromatic rings. The summed E-state index contributed by atoms with van der Waals surface area (Å²) in [6.45, 7) is 5.73. The van der Waals surface area contributed by atoms with E-state index >= 15 is 0 Å². The molecule has 1 fully saturated rings. The van der Waals surface area contributed by atoms with Gasteiger partial charge in [-0.3, -0.25) is 4.79 Å². The number of hydrogen-bond donors (Lipinski definition) is 0. The second kappa shape index (κ2) is 5.35. The van der Waals surface area contributed by atoms with Crippen LogP contribution in [-0.2, 0) is 0 Å². The Bertz CT molecular complexity index is 510. The summed E-state index contributed by atoms with van der Waals surface area (Å²) in [7, 11) is 0. The lowest BCUT2D eigenvalue weighted by Crippen LogP contribution is -2.44. The summed E-state index contributed by atoms with van der Waals surface area (Å²) in [6.07, 6.45) is -3.97. The summed E-state index contributed by atoms with van der Waals surface area (Å²) < 4.78 is 38.7. The largest absolute Gasteiger partial charge is 0.408 e. The number of likely N-dealkylation sites (tertiary alicyclic amines) is 1. The Kier molecular flexibility index (Phi) is 4.09. The highest BCUT2D eigenvalue weighted by Crippen LogP contribution is 2.35. The first-order valence-electron chi connectivity index (χ1n) is 6.56. The zero-order valence-corrected chi connectivity index (χ0v) is 12.4. The molecule has 7 heteroatoms. The van der Waals surface area contributed by atoms with Crippen molar-refractivity contribution in [1.29, 1.82) is 0 Å². The third-order valence-corrected chi connectivity index (χ3v) is 4.84. The van der Waals surface area contributed by atoms with Crippen molar-refractivity contribution in [2.24, 2.45) is 0 Å². The molecule has 0 spiro atoms. The Balaban J connectivity index is 2.27. The van der Waals surface area contributed by atoms with Crippen molar-refractivity contribution in [1.82, 2.24) is 9.88 Å². The van der Waals surface area contributed by atoms with Gasteiger partial charge in [0.25, 0.3) is 5.91 Å². The van der Waals surface area contributed by atoms with Crippen molar-refractivity contribution in [2.45, 2.75) is 51.7 Å². The molecule has 2 rings (SSSR count). The minimum absolute atomic E-state index is 0.00979. The molecule has 3 nitrogen and oxygen atoms in total. The van der Waals surface area contributed by atoms with Crippen molar-refractivity contribution >= 4 is 17.2 Å². The molecule has 1 aromatic heterocycles. The Morgan fingerprint density at radius 1 is 1.45 bits per heavy atom. The summed E-state index contributed by atoms with van der Waals surface area (Å²) in [6, 6.07) is -1.65. The minimum Gasteiger partial charge on any atom is -0.326 e. The van der Waals surface area contributed by atoms with E-state index in [0.717, 1.165) is 9.91 Å². The average Bonchev–Trinajstić information content (AvgIpc) is 2.93. The first-order valence-corrected chi connectivity index (χ1v) is 7.38. The molecule has 0 bridgehead atoms. The van der Waals surface area contributed by atoms with Gasteiger partial charge in [0.15, 0.2) is 0 Å². The van der Waals surface area contributed by atoms with Crippen LogP contribution in [0.1, 0.15) is 53.0 Å². The zero-order chi connectivity index (χ0) is 15.1. The van der Waals surface area contributed by atoms with Crippen LogP contribution in [0.2, 0.25) is 0 Å². The van der Waals surface area contributed by atoms with Gasteiger partial charge in [0.05, 0.1) is 10.7 Å². The summed E-state index contributed by atoms with van der Waals surface area (Å²) in [5, 5.41) is 0.786. The number of rotatable bonds is 2. The monoisotopic (exact) mass is 306 g/mol. The molecular weight excluding hydrogens is 289 g/mol. The smallest absolute Gasteiger partial charge is 0.326 e. The molecule has 1 aliphatic heterocycles. The van der Waals surface area contributed by atoms with Crippen LogP contribution in [-0.4, -0.2) is 34.6 Å². The van der Waals surface area contributed by atoms with Gasteiger partial charge < -0.3 is 4.90 Å². The van der Waals surface area contributed by atoms with E-state index in [0.29, 0.717) is 17.0 Å². The van der Waals surface area contributed by atoms with Crippen molar-refractivity contribution in [3.63, 3.8) is 0 Å². The average molecular weight is 306 g/mol. The van der Waals surface area contributed by atoms with Gasteiger partial charge in [0, 0.05) is 12.5 Å². The third-order valence-electron chi connectivity index (χ3n) is 3.39. The number of halogens is 3. The summed E-state index contributed by atoms with van der Waals surface area (Å²) >= 11 is 1.21. The van der Waals surface area contributed by atoms with Crippen LogP contribution in [0.3, 0.4) is 0 Å². The van der Waals surface area contributed by atoms with E-state index in [4.69, 9.17) is 0 Å². The molecule has 0 radical (unpaired) electrons. The Morgan fingerprint density at radius 3 is 2.60 bits per heavy atom. The molecule has 1 saturated heterocycles. The maximum Gasteiger partial charge on any atom is 0.408 e. The number of carbonyl (C=O) groups is 1. The molecule has 0 unspecified atom stereocenters. The minimum atomic E-state index is -4.36. The number of carbonyl (C=O) groups excluding carboxylic acids is 1. The van der Waals surface area contributed by atoms with E-state index in [1.54, 1.807) is 6.92 Å². The fourth-order valence-corrected chi connectivity index (χ4v) is 3.37.